The van der Waals surface area contributed by atoms with Crippen LogP contribution in [-0.2, 0) is 4.74 Å². The summed E-state index contributed by atoms with van der Waals surface area (Å²) in [7, 11) is 0. The molecule has 1 aliphatic heterocycles. The lowest BCUT2D eigenvalue weighted by molar-refractivity contribution is 0.00564. The zero-order chi connectivity index (χ0) is 18.3. The molecule has 136 valence electrons. The molecule has 0 amide bonds. The number of carbonyl (C=O) groups is 1. The fourth-order valence-electron chi connectivity index (χ4n) is 2.81. The molecule has 0 radical (unpaired) electrons. The second-order valence-electron chi connectivity index (χ2n) is 5.89. The van der Waals surface area contributed by atoms with Gasteiger partial charge in [-0.3, -0.25) is 4.65 Å². The Bertz CT molecular complexity index is 950. The van der Waals surface area contributed by atoms with Crippen LogP contribution in [0.2, 0.25) is 0 Å². The molecule has 1 aliphatic rings. The summed E-state index contributed by atoms with van der Waals surface area (Å²) in [4.78, 5) is 18.2. The Morgan fingerprint density at radius 2 is 2.38 bits per heavy atom. The van der Waals surface area contributed by atoms with Crippen molar-refractivity contribution < 1.29 is 18.3 Å². The van der Waals surface area contributed by atoms with Crippen molar-refractivity contribution in [2.24, 2.45) is 0 Å². The summed E-state index contributed by atoms with van der Waals surface area (Å²) in [5, 5.41) is 13.7. The summed E-state index contributed by atoms with van der Waals surface area (Å²) in [5.74, 6) is -1.09. The maximum Gasteiger partial charge on any atom is 0.345 e. The van der Waals surface area contributed by atoms with Gasteiger partial charge in [0.15, 0.2) is 0 Å². The van der Waals surface area contributed by atoms with Crippen LogP contribution in [0.15, 0.2) is 41.2 Å². The highest BCUT2D eigenvalue weighted by Crippen LogP contribution is 2.38. The topological polar surface area (TPSA) is 78.6 Å². The maximum absolute atomic E-state index is 13.6. The molecule has 0 spiro atoms. The number of hydrogen-bond acceptors (Lipinski definition) is 7. The average Bonchev–Trinajstić information content (AvgIpc) is 3.34. The number of nitrogens with zero attached hydrogens (tertiary/aromatic N) is 3. The number of thiazole rings is 1. The van der Waals surface area contributed by atoms with Gasteiger partial charge in [-0.25, -0.2) is 14.1 Å². The van der Waals surface area contributed by atoms with Crippen LogP contribution in [0.25, 0.3) is 10.2 Å². The number of carbonyl (C=O) groups excluding carboxylic acids is 1. The first kappa shape index (κ1) is 17.4. The van der Waals surface area contributed by atoms with E-state index in [0.717, 1.165) is 11.3 Å². The van der Waals surface area contributed by atoms with Gasteiger partial charge in [0.2, 0.25) is 0 Å². The van der Waals surface area contributed by atoms with Crippen LogP contribution in [0, 0.1) is 11.0 Å². The highest BCUT2D eigenvalue weighted by molar-refractivity contribution is 7.22. The van der Waals surface area contributed by atoms with Gasteiger partial charge in [0, 0.05) is 6.07 Å². The minimum atomic E-state index is -1.04. The first-order valence-electron chi connectivity index (χ1n) is 7.66. The normalized spacial score (nSPS) is 23.6. The molecule has 2 unspecified atom stereocenters. The second-order valence-corrected chi connectivity index (χ2v) is 7.14. The number of halogens is 2. The molecule has 26 heavy (non-hydrogen) atoms. The minimum Gasteiger partial charge on any atom is -0.622 e. The van der Waals surface area contributed by atoms with Crippen molar-refractivity contribution in [1.29, 1.82) is 0 Å². The molecule has 0 N–H and O–H groups in total. The number of furan rings is 1. The Hall–Kier alpha value is -2.04. The van der Waals surface area contributed by atoms with Gasteiger partial charge in [0.1, 0.15) is 18.7 Å². The van der Waals surface area contributed by atoms with Gasteiger partial charge < -0.3 is 14.4 Å². The van der Waals surface area contributed by atoms with Crippen LogP contribution < -0.4 is 4.65 Å². The Labute approximate surface area is 156 Å². The molecule has 0 aliphatic carbocycles. The van der Waals surface area contributed by atoms with Crippen molar-refractivity contribution in [3.05, 3.63) is 53.4 Å². The lowest BCUT2D eigenvalue weighted by atomic mass is 10.3. The monoisotopic (exact) mass is 397 g/mol. The van der Waals surface area contributed by atoms with Crippen molar-refractivity contribution in [3.63, 3.8) is 0 Å². The quantitative estimate of drug-likeness (QED) is 0.220. The van der Waals surface area contributed by atoms with Gasteiger partial charge in [0.25, 0.3) is 11.4 Å². The van der Waals surface area contributed by atoms with E-state index in [-0.39, 0.29) is 29.9 Å². The number of esters is 1. The molecule has 0 bridgehead atoms. The number of benzene rings is 1. The Kier molecular flexibility index (Phi) is 4.41. The van der Waals surface area contributed by atoms with E-state index in [9.17, 15) is 14.4 Å². The smallest absolute Gasteiger partial charge is 0.345 e. The Morgan fingerprint density at radius 3 is 3.12 bits per heavy atom. The largest absolute Gasteiger partial charge is 0.622 e. The van der Waals surface area contributed by atoms with Crippen LogP contribution in [-0.4, -0.2) is 41.3 Å². The van der Waals surface area contributed by atoms with Crippen molar-refractivity contribution in [1.82, 2.24) is 14.5 Å². The summed E-state index contributed by atoms with van der Waals surface area (Å²) in [6.07, 6.45) is 1.55. The molecular formula is C16H13ClFN3O4S. The minimum absolute atomic E-state index is 0.0187. The van der Waals surface area contributed by atoms with Crippen LogP contribution in [0.5, 0.6) is 0 Å². The van der Waals surface area contributed by atoms with E-state index in [1.165, 1.54) is 30.7 Å². The molecule has 1 saturated heterocycles. The number of rotatable bonds is 4. The lowest BCUT2D eigenvalue weighted by Crippen LogP contribution is -2.50. The molecule has 7 nitrogen and oxygen atoms in total. The van der Waals surface area contributed by atoms with E-state index in [1.807, 2.05) is 0 Å². The highest BCUT2D eigenvalue weighted by atomic mass is 35.5. The van der Waals surface area contributed by atoms with E-state index >= 15 is 0 Å². The summed E-state index contributed by atoms with van der Waals surface area (Å²) < 4.78 is 23.4. The van der Waals surface area contributed by atoms with Gasteiger partial charge in [-0.15, -0.1) is 11.6 Å². The van der Waals surface area contributed by atoms with Gasteiger partial charge in [0.05, 0.1) is 34.6 Å². The number of alkyl halides is 1. The number of hydrogen-bond donors (Lipinski definition) is 0. The third kappa shape index (κ3) is 2.97. The molecule has 3 heterocycles. The maximum atomic E-state index is 13.6. The first-order valence-corrected chi connectivity index (χ1v) is 9.01. The van der Waals surface area contributed by atoms with Crippen LogP contribution in [0.3, 0.4) is 0 Å². The van der Waals surface area contributed by atoms with E-state index in [4.69, 9.17) is 20.8 Å². The summed E-state index contributed by atoms with van der Waals surface area (Å²) in [6, 6.07) is 5.71. The Morgan fingerprint density at radius 1 is 1.54 bits per heavy atom. The highest BCUT2D eigenvalue weighted by Gasteiger charge is 2.46. The standard InChI is InChI=1S/C16H13ClFN3O4S/c17-8-20-6-14(25-15(22)10-3-4-24-7-10)21(23,9-20)16-19-12-5-11(18)1-2-13(12)26-16/h1-5,7,14H,6,8-9H2. The van der Waals surface area contributed by atoms with Gasteiger partial charge >= 0.3 is 5.97 Å². The fraction of sp³-hybridized carbons (Fsp3) is 0.250. The molecule has 4 rings (SSSR count). The molecule has 3 aromatic rings. The van der Waals surface area contributed by atoms with E-state index < -0.39 is 22.7 Å². The summed E-state index contributed by atoms with van der Waals surface area (Å²) in [6.45, 7) is 0.149. The van der Waals surface area contributed by atoms with Gasteiger partial charge in [-0.05, 0) is 18.2 Å². The van der Waals surface area contributed by atoms with Crippen molar-refractivity contribution in [3.8, 4) is 0 Å². The molecule has 2 aromatic heterocycles. The molecule has 1 fully saturated rings. The molecule has 10 heteroatoms. The first-order chi connectivity index (χ1) is 12.5. The van der Waals surface area contributed by atoms with Crippen molar-refractivity contribution in [2.75, 3.05) is 19.2 Å². The number of hydroxylamine groups is 2. The van der Waals surface area contributed by atoms with Crippen molar-refractivity contribution in [2.45, 2.75) is 6.23 Å². The van der Waals surface area contributed by atoms with Gasteiger partial charge in [-0.1, -0.05) is 11.3 Å². The summed E-state index contributed by atoms with van der Waals surface area (Å²) in [5.41, 5.74) is 0.606. The Balaban J connectivity index is 1.68. The third-order valence-electron chi connectivity index (χ3n) is 4.12. The van der Waals surface area contributed by atoms with Crippen molar-refractivity contribution >= 4 is 44.3 Å². The number of ether oxygens (including phenoxy) is 1. The predicted molar refractivity (Wildman–Crippen MR) is 94.9 cm³/mol. The van der Waals surface area contributed by atoms with E-state index in [0.29, 0.717) is 10.2 Å². The molecule has 0 saturated carbocycles. The molecule has 2 atom stereocenters. The summed E-state index contributed by atoms with van der Waals surface area (Å²) >= 11 is 7.02. The number of aromatic nitrogens is 1. The predicted octanol–water partition coefficient (Wildman–Crippen LogP) is 3.49. The van der Waals surface area contributed by atoms with Gasteiger partial charge in [-0.2, -0.15) is 4.98 Å². The van der Waals surface area contributed by atoms with Crippen LogP contribution in [0.1, 0.15) is 10.4 Å². The van der Waals surface area contributed by atoms with Crippen LogP contribution in [0.4, 0.5) is 9.52 Å². The van der Waals surface area contributed by atoms with E-state index in [1.54, 1.807) is 11.0 Å². The molecule has 1 aromatic carbocycles. The zero-order valence-corrected chi connectivity index (χ0v) is 14.9. The third-order valence-corrected chi connectivity index (χ3v) is 5.61. The fourth-order valence-corrected chi connectivity index (χ4v) is 4.00. The average molecular weight is 398 g/mol. The lowest BCUT2D eigenvalue weighted by Gasteiger charge is -2.38. The number of fused-ring (bicyclic) bond motifs is 1. The van der Waals surface area contributed by atoms with Crippen LogP contribution >= 0.6 is 22.9 Å². The zero-order valence-electron chi connectivity index (χ0n) is 13.3. The number of quaternary nitrogens is 1. The SMILES string of the molecule is O=C(OC1CN(CCl)C[N+]1([O-])c1nc2cc(F)ccc2s1)c1ccoc1. The second kappa shape index (κ2) is 6.60. The molecular weight excluding hydrogens is 385 g/mol. The van der Waals surface area contributed by atoms with E-state index in [2.05, 4.69) is 4.98 Å².